The van der Waals surface area contributed by atoms with Crippen LogP contribution in [0.4, 0.5) is 0 Å². The van der Waals surface area contributed by atoms with E-state index in [1.54, 1.807) is 0 Å². The van der Waals surface area contributed by atoms with Crippen molar-refractivity contribution in [2.75, 3.05) is 6.54 Å². The van der Waals surface area contributed by atoms with Crippen molar-refractivity contribution >= 4 is 0 Å². The van der Waals surface area contributed by atoms with Crippen LogP contribution in [0.2, 0.25) is 0 Å². The summed E-state index contributed by atoms with van der Waals surface area (Å²) in [4.78, 5) is 0. The smallest absolute Gasteiger partial charge is 0.0225 e. The normalized spacial score (nSPS) is 29.9. The molecule has 1 rings (SSSR count). The van der Waals surface area contributed by atoms with E-state index in [0.29, 0.717) is 12.1 Å². The molecule has 1 aliphatic rings. The van der Waals surface area contributed by atoms with Gasteiger partial charge in [0.1, 0.15) is 0 Å². The molecular formula is C11H20N2. The van der Waals surface area contributed by atoms with Crippen molar-refractivity contribution in [1.29, 1.82) is 0 Å². The van der Waals surface area contributed by atoms with Gasteiger partial charge in [-0.25, -0.2) is 5.01 Å². The Morgan fingerprint density at radius 2 is 2.00 bits per heavy atom. The van der Waals surface area contributed by atoms with Crippen LogP contribution in [0.5, 0.6) is 0 Å². The van der Waals surface area contributed by atoms with Crippen LogP contribution >= 0.6 is 0 Å². The lowest BCUT2D eigenvalue weighted by molar-refractivity contribution is 0.0475. The van der Waals surface area contributed by atoms with Crippen molar-refractivity contribution in [2.24, 2.45) is 0 Å². The monoisotopic (exact) mass is 180 g/mol. The Labute approximate surface area is 81.7 Å². The van der Waals surface area contributed by atoms with E-state index in [-0.39, 0.29) is 0 Å². The third-order valence-corrected chi connectivity index (χ3v) is 2.76. The zero-order valence-corrected chi connectivity index (χ0v) is 8.71. The van der Waals surface area contributed by atoms with Crippen LogP contribution in [-0.4, -0.2) is 23.6 Å². The molecule has 0 aliphatic carbocycles. The first-order chi connectivity index (χ1) is 6.25. The topological polar surface area (TPSA) is 15.3 Å². The average molecular weight is 180 g/mol. The standard InChI is InChI=1S/C11H20N2/c1-4-5-9-12-13-10(2)7-6-8-11(13)3/h1,10-12H,5-9H2,2-3H3. The number of piperidine rings is 1. The van der Waals surface area contributed by atoms with E-state index >= 15 is 0 Å². The molecule has 2 unspecified atom stereocenters. The van der Waals surface area contributed by atoms with Crippen molar-refractivity contribution < 1.29 is 0 Å². The fourth-order valence-corrected chi connectivity index (χ4v) is 1.99. The van der Waals surface area contributed by atoms with Crippen LogP contribution in [0.1, 0.15) is 39.5 Å². The van der Waals surface area contributed by atoms with E-state index in [1.807, 2.05) is 0 Å². The summed E-state index contributed by atoms with van der Waals surface area (Å²) in [6.07, 6.45) is 9.98. The van der Waals surface area contributed by atoms with Gasteiger partial charge in [-0.05, 0) is 26.7 Å². The van der Waals surface area contributed by atoms with E-state index in [4.69, 9.17) is 6.42 Å². The molecule has 1 N–H and O–H groups in total. The molecule has 13 heavy (non-hydrogen) atoms. The summed E-state index contributed by atoms with van der Waals surface area (Å²) < 4.78 is 0. The van der Waals surface area contributed by atoms with Crippen molar-refractivity contribution in [3.63, 3.8) is 0 Å². The lowest BCUT2D eigenvalue weighted by atomic mass is 10.00. The molecule has 0 amide bonds. The predicted molar refractivity (Wildman–Crippen MR) is 56.1 cm³/mol. The van der Waals surface area contributed by atoms with Crippen molar-refractivity contribution in [3.8, 4) is 12.3 Å². The highest BCUT2D eigenvalue weighted by atomic mass is 15.5. The van der Waals surface area contributed by atoms with Gasteiger partial charge in [0.15, 0.2) is 0 Å². The molecule has 1 aliphatic heterocycles. The molecule has 0 radical (unpaired) electrons. The molecule has 2 heteroatoms. The Balaban J connectivity index is 2.31. The summed E-state index contributed by atoms with van der Waals surface area (Å²) in [7, 11) is 0. The third kappa shape index (κ3) is 3.02. The molecule has 2 nitrogen and oxygen atoms in total. The summed E-state index contributed by atoms with van der Waals surface area (Å²) in [5.74, 6) is 2.65. The zero-order chi connectivity index (χ0) is 9.68. The first kappa shape index (κ1) is 10.6. The minimum absolute atomic E-state index is 0.654. The Morgan fingerprint density at radius 1 is 1.38 bits per heavy atom. The molecule has 1 heterocycles. The summed E-state index contributed by atoms with van der Waals surface area (Å²) in [5.41, 5.74) is 3.41. The van der Waals surface area contributed by atoms with Gasteiger partial charge in [-0.15, -0.1) is 12.3 Å². The highest BCUT2D eigenvalue weighted by molar-refractivity contribution is 4.84. The molecule has 74 valence electrons. The fourth-order valence-electron chi connectivity index (χ4n) is 1.99. The number of hydrazine groups is 1. The molecule has 0 aromatic heterocycles. The number of nitrogens with zero attached hydrogens (tertiary/aromatic N) is 1. The molecule has 0 bridgehead atoms. The van der Waals surface area contributed by atoms with Gasteiger partial charge >= 0.3 is 0 Å². The van der Waals surface area contributed by atoms with Crippen LogP contribution in [0, 0.1) is 12.3 Å². The second-order valence-corrected chi connectivity index (χ2v) is 3.90. The van der Waals surface area contributed by atoms with E-state index in [9.17, 15) is 0 Å². The van der Waals surface area contributed by atoms with Crippen molar-refractivity contribution in [2.45, 2.75) is 51.6 Å². The zero-order valence-electron chi connectivity index (χ0n) is 8.71. The molecule has 2 atom stereocenters. The molecule has 1 fully saturated rings. The van der Waals surface area contributed by atoms with Crippen LogP contribution in [0.15, 0.2) is 0 Å². The van der Waals surface area contributed by atoms with Gasteiger partial charge in [-0.2, -0.15) is 0 Å². The van der Waals surface area contributed by atoms with Gasteiger partial charge in [0.25, 0.3) is 0 Å². The number of nitrogens with one attached hydrogen (secondary N) is 1. The van der Waals surface area contributed by atoms with E-state index in [2.05, 4.69) is 30.2 Å². The minimum Gasteiger partial charge on any atom is -0.254 e. The molecule has 0 spiro atoms. The minimum atomic E-state index is 0.654. The lowest BCUT2D eigenvalue weighted by Gasteiger charge is -2.39. The van der Waals surface area contributed by atoms with Crippen molar-refractivity contribution in [1.82, 2.24) is 10.4 Å². The fraction of sp³-hybridized carbons (Fsp3) is 0.818. The van der Waals surface area contributed by atoms with Gasteiger partial charge in [0, 0.05) is 25.0 Å². The van der Waals surface area contributed by atoms with Crippen LogP contribution in [-0.2, 0) is 0 Å². The van der Waals surface area contributed by atoms with Gasteiger partial charge < -0.3 is 0 Å². The number of hydrogen-bond donors (Lipinski definition) is 1. The highest BCUT2D eigenvalue weighted by Gasteiger charge is 2.23. The quantitative estimate of drug-likeness (QED) is 0.526. The van der Waals surface area contributed by atoms with Gasteiger partial charge in [0.05, 0.1) is 0 Å². The second-order valence-electron chi connectivity index (χ2n) is 3.90. The van der Waals surface area contributed by atoms with Gasteiger partial charge in [-0.1, -0.05) is 6.42 Å². The Hall–Kier alpha value is -0.520. The molecule has 0 aromatic rings. The Bertz CT molecular complexity index is 173. The number of hydrogen-bond acceptors (Lipinski definition) is 2. The Morgan fingerprint density at radius 3 is 2.54 bits per heavy atom. The van der Waals surface area contributed by atoms with E-state index < -0.39 is 0 Å². The van der Waals surface area contributed by atoms with E-state index in [0.717, 1.165) is 13.0 Å². The second kappa shape index (κ2) is 5.26. The predicted octanol–water partition coefficient (Wildman–Crippen LogP) is 1.78. The average Bonchev–Trinajstić information content (AvgIpc) is 2.10. The highest BCUT2D eigenvalue weighted by Crippen LogP contribution is 2.19. The lowest BCUT2D eigenvalue weighted by Crippen LogP contribution is -2.52. The van der Waals surface area contributed by atoms with Crippen LogP contribution < -0.4 is 5.43 Å². The molecule has 0 aromatic carbocycles. The molecule has 0 saturated carbocycles. The SMILES string of the molecule is C#CCCNN1C(C)CCCC1C. The maximum atomic E-state index is 5.20. The first-order valence-corrected chi connectivity index (χ1v) is 5.21. The van der Waals surface area contributed by atoms with Crippen LogP contribution in [0.25, 0.3) is 0 Å². The third-order valence-electron chi connectivity index (χ3n) is 2.76. The first-order valence-electron chi connectivity index (χ1n) is 5.21. The maximum absolute atomic E-state index is 5.20. The molecule has 1 saturated heterocycles. The summed E-state index contributed by atoms with van der Waals surface area (Å²) in [6, 6.07) is 1.31. The maximum Gasteiger partial charge on any atom is 0.0225 e. The Kier molecular flexibility index (Phi) is 4.27. The summed E-state index contributed by atoms with van der Waals surface area (Å²) in [5, 5.41) is 2.36. The van der Waals surface area contributed by atoms with Gasteiger partial charge in [-0.3, -0.25) is 5.43 Å². The number of terminal acetylenes is 1. The van der Waals surface area contributed by atoms with E-state index in [1.165, 1.54) is 19.3 Å². The summed E-state index contributed by atoms with van der Waals surface area (Å²) in [6.45, 7) is 5.46. The van der Waals surface area contributed by atoms with Crippen molar-refractivity contribution in [3.05, 3.63) is 0 Å². The van der Waals surface area contributed by atoms with Crippen LogP contribution in [0.3, 0.4) is 0 Å². The summed E-state index contributed by atoms with van der Waals surface area (Å²) >= 11 is 0. The van der Waals surface area contributed by atoms with Gasteiger partial charge in [0.2, 0.25) is 0 Å². The largest absolute Gasteiger partial charge is 0.254 e. The number of rotatable bonds is 3. The molecular weight excluding hydrogens is 160 g/mol.